The molecule has 0 bridgehead atoms. The molecule has 0 aromatic heterocycles. The van der Waals surface area contributed by atoms with E-state index in [4.69, 9.17) is 11.2 Å². The Labute approximate surface area is 107 Å². The number of likely N-dealkylation sites (N-methyl/N-ethyl adjacent to an activating group) is 1. The quantitative estimate of drug-likeness (QED) is 0.566. The van der Waals surface area contributed by atoms with Crippen molar-refractivity contribution in [3.8, 4) is 12.3 Å². The van der Waals surface area contributed by atoms with Crippen molar-refractivity contribution in [2.24, 2.45) is 0 Å². The van der Waals surface area contributed by atoms with Gasteiger partial charge in [0.1, 0.15) is 0 Å². The van der Waals surface area contributed by atoms with E-state index in [0.29, 0.717) is 6.04 Å². The average Bonchev–Trinajstić information content (AvgIpc) is 2.56. The van der Waals surface area contributed by atoms with E-state index in [0.717, 1.165) is 32.4 Å². The number of nitrogens with one attached hydrogen (secondary N) is 1. The van der Waals surface area contributed by atoms with Crippen LogP contribution in [0.5, 0.6) is 0 Å². The third-order valence-electron chi connectivity index (χ3n) is 3.79. The monoisotopic (exact) mass is 237 g/mol. The van der Waals surface area contributed by atoms with Crippen LogP contribution in [0.15, 0.2) is 0 Å². The maximum Gasteiger partial charge on any atom is 0.0843 e. The summed E-state index contributed by atoms with van der Waals surface area (Å²) < 4.78 is 6.16. The second-order valence-corrected chi connectivity index (χ2v) is 4.93. The van der Waals surface area contributed by atoms with E-state index in [1.165, 1.54) is 25.7 Å². The van der Waals surface area contributed by atoms with Gasteiger partial charge in [-0.1, -0.05) is 32.6 Å². The molecule has 0 aromatic carbocycles. The number of hydrogen-bond acceptors (Lipinski definition) is 2. The van der Waals surface area contributed by atoms with Gasteiger partial charge in [-0.15, -0.1) is 12.3 Å². The Bertz CT molecular complexity index is 236. The first-order valence-electron chi connectivity index (χ1n) is 7.10. The van der Waals surface area contributed by atoms with Gasteiger partial charge in [0, 0.05) is 19.1 Å². The Balaban J connectivity index is 2.80. The predicted octanol–water partition coefficient (Wildman–Crippen LogP) is 3.12. The van der Waals surface area contributed by atoms with E-state index in [1.807, 2.05) is 0 Å². The van der Waals surface area contributed by atoms with Crippen molar-refractivity contribution in [1.29, 1.82) is 0 Å². The summed E-state index contributed by atoms with van der Waals surface area (Å²) >= 11 is 0. The standard InChI is InChI=1S/C15H27NO/c1-4-11-14(16-5-2)15(17-6-3)12-9-7-8-10-13-15/h1,14,16H,5-13H2,2-3H3. The SMILES string of the molecule is C#CCC(NCC)C1(OCC)CCCCCC1. The molecule has 2 heteroatoms. The van der Waals surface area contributed by atoms with Gasteiger partial charge >= 0.3 is 0 Å². The summed E-state index contributed by atoms with van der Waals surface area (Å²) in [6.07, 6.45) is 13.8. The minimum Gasteiger partial charge on any atom is -0.374 e. The van der Waals surface area contributed by atoms with E-state index in [-0.39, 0.29) is 5.60 Å². The Kier molecular flexibility index (Phi) is 6.62. The van der Waals surface area contributed by atoms with Crippen molar-refractivity contribution in [1.82, 2.24) is 5.32 Å². The molecule has 0 radical (unpaired) electrons. The van der Waals surface area contributed by atoms with Crippen molar-refractivity contribution < 1.29 is 4.74 Å². The van der Waals surface area contributed by atoms with Gasteiger partial charge < -0.3 is 10.1 Å². The largest absolute Gasteiger partial charge is 0.374 e. The minimum atomic E-state index is -0.0202. The lowest BCUT2D eigenvalue weighted by atomic mass is 9.84. The Morgan fingerprint density at radius 1 is 1.24 bits per heavy atom. The third-order valence-corrected chi connectivity index (χ3v) is 3.79. The highest BCUT2D eigenvalue weighted by atomic mass is 16.5. The van der Waals surface area contributed by atoms with Crippen LogP contribution in [0.3, 0.4) is 0 Å². The van der Waals surface area contributed by atoms with Crippen LogP contribution in [0.25, 0.3) is 0 Å². The molecule has 0 amide bonds. The molecule has 1 atom stereocenters. The van der Waals surface area contributed by atoms with Crippen molar-refractivity contribution in [2.45, 2.75) is 70.4 Å². The van der Waals surface area contributed by atoms with Gasteiger partial charge in [-0.05, 0) is 26.3 Å². The highest BCUT2D eigenvalue weighted by Gasteiger charge is 2.38. The molecule has 1 N–H and O–H groups in total. The predicted molar refractivity (Wildman–Crippen MR) is 73.0 cm³/mol. The number of terminal acetylenes is 1. The van der Waals surface area contributed by atoms with E-state index in [2.05, 4.69) is 25.1 Å². The molecule has 17 heavy (non-hydrogen) atoms. The Morgan fingerprint density at radius 3 is 2.35 bits per heavy atom. The molecule has 0 aliphatic heterocycles. The van der Waals surface area contributed by atoms with Gasteiger partial charge in [-0.3, -0.25) is 0 Å². The molecule has 1 fully saturated rings. The van der Waals surface area contributed by atoms with Crippen LogP contribution in [0.2, 0.25) is 0 Å². The number of rotatable bonds is 6. The molecule has 98 valence electrons. The normalized spacial score (nSPS) is 21.5. The molecule has 0 heterocycles. The van der Waals surface area contributed by atoms with Crippen LogP contribution in [0, 0.1) is 12.3 Å². The number of hydrogen-bond donors (Lipinski definition) is 1. The first-order valence-corrected chi connectivity index (χ1v) is 7.10. The molecule has 1 rings (SSSR count). The third kappa shape index (κ3) is 4.01. The summed E-state index contributed by atoms with van der Waals surface area (Å²) in [6.45, 7) is 5.97. The van der Waals surface area contributed by atoms with Crippen LogP contribution < -0.4 is 5.32 Å². The van der Waals surface area contributed by atoms with Crippen LogP contribution in [0.4, 0.5) is 0 Å². The van der Waals surface area contributed by atoms with Crippen LogP contribution in [-0.4, -0.2) is 24.8 Å². The zero-order valence-corrected chi connectivity index (χ0v) is 11.4. The molecule has 1 saturated carbocycles. The van der Waals surface area contributed by atoms with Gasteiger partial charge in [-0.2, -0.15) is 0 Å². The maximum absolute atomic E-state index is 6.16. The average molecular weight is 237 g/mol. The summed E-state index contributed by atoms with van der Waals surface area (Å²) in [6, 6.07) is 0.315. The molecular weight excluding hydrogens is 210 g/mol. The fourth-order valence-corrected chi connectivity index (χ4v) is 3.02. The van der Waals surface area contributed by atoms with Crippen LogP contribution in [-0.2, 0) is 4.74 Å². The van der Waals surface area contributed by atoms with Crippen LogP contribution >= 0.6 is 0 Å². The lowest BCUT2D eigenvalue weighted by Gasteiger charge is -2.40. The van der Waals surface area contributed by atoms with E-state index in [1.54, 1.807) is 0 Å². The van der Waals surface area contributed by atoms with Crippen LogP contribution in [0.1, 0.15) is 58.8 Å². The van der Waals surface area contributed by atoms with Gasteiger partial charge in [-0.25, -0.2) is 0 Å². The van der Waals surface area contributed by atoms with Crippen molar-refractivity contribution >= 4 is 0 Å². The molecule has 2 nitrogen and oxygen atoms in total. The zero-order chi connectivity index (χ0) is 12.6. The second-order valence-electron chi connectivity index (χ2n) is 4.93. The molecule has 1 aliphatic carbocycles. The minimum absolute atomic E-state index is 0.0202. The zero-order valence-electron chi connectivity index (χ0n) is 11.4. The summed E-state index contributed by atoms with van der Waals surface area (Å²) in [5.41, 5.74) is -0.0202. The fourth-order valence-electron chi connectivity index (χ4n) is 3.02. The topological polar surface area (TPSA) is 21.3 Å². The highest BCUT2D eigenvalue weighted by Crippen LogP contribution is 2.34. The first-order chi connectivity index (χ1) is 8.29. The van der Waals surface area contributed by atoms with Gasteiger partial charge in [0.05, 0.1) is 5.60 Å². The molecule has 0 aromatic rings. The van der Waals surface area contributed by atoms with Gasteiger partial charge in [0.2, 0.25) is 0 Å². The summed E-state index contributed by atoms with van der Waals surface area (Å²) in [7, 11) is 0. The highest BCUT2D eigenvalue weighted by molar-refractivity contribution is 5.01. The van der Waals surface area contributed by atoms with E-state index in [9.17, 15) is 0 Å². The van der Waals surface area contributed by atoms with Gasteiger partial charge in [0.15, 0.2) is 0 Å². The molecular formula is C15H27NO. The Hall–Kier alpha value is -0.520. The fraction of sp³-hybridized carbons (Fsp3) is 0.867. The molecule has 0 spiro atoms. The number of ether oxygens (including phenoxy) is 1. The smallest absolute Gasteiger partial charge is 0.0843 e. The first kappa shape index (κ1) is 14.5. The lowest BCUT2D eigenvalue weighted by Crippen LogP contribution is -2.52. The molecule has 1 aliphatic rings. The second kappa shape index (κ2) is 7.74. The van der Waals surface area contributed by atoms with Crippen molar-refractivity contribution in [2.75, 3.05) is 13.2 Å². The summed E-state index contributed by atoms with van der Waals surface area (Å²) in [5, 5.41) is 3.54. The van der Waals surface area contributed by atoms with E-state index >= 15 is 0 Å². The van der Waals surface area contributed by atoms with E-state index < -0.39 is 0 Å². The van der Waals surface area contributed by atoms with Crippen molar-refractivity contribution in [3.63, 3.8) is 0 Å². The Morgan fingerprint density at radius 2 is 1.88 bits per heavy atom. The molecule has 1 unspecified atom stereocenters. The van der Waals surface area contributed by atoms with Gasteiger partial charge in [0.25, 0.3) is 0 Å². The summed E-state index contributed by atoms with van der Waals surface area (Å²) in [4.78, 5) is 0. The summed E-state index contributed by atoms with van der Waals surface area (Å²) in [5.74, 6) is 2.81. The maximum atomic E-state index is 6.16. The molecule has 0 saturated heterocycles. The lowest BCUT2D eigenvalue weighted by molar-refractivity contribution is -0.0754. The van der Waals surface area contributed by atoms with Crippen molar-refractivity contribution in [3.05, 3.63) is 0 Å².